The van der Waals surface area contributed by atoms with Crippen molar-refractivity contribution in [3.05, 3.63) is 54.2 Å². The number of nitrogens with one attached hydrogen (secondary N) is 1. The van der Waals surface area contributed by atoms with Gasteiger partial charge in [-0.05, 0) is 49.2 Å². The van der Waals surface area contributed by atoms with Crippen LogP contribution in [-0.4, -0.2) is 17.6 Å². The lowest BCUT2D eigenvalue weighted by molar-refractivity contribution is 0.430. The number of aryl methyl sites for hydroxylation is 1. The van der Waals surface area contributed by atoms with Crippen LogP contribution in [0.1, 0.15) is 24.7 Å². The van der Waals surface area contributed by atoms with Crippen molar-refractivity contribution in [2.24, 2.45) is 0 Å². The summed E-state index contributed by atoms with van der Waals surface area (Å²) in [5.41, 5.74) is 1.34. The molecule has 2 aromatic heterocycles. The van der Waals surface area contributed by atoms with Gasteiger partial charge in [0.1, 0.15) is 5.76 Å². The molecule has 1 atom stereocenters. The molecule has 0 aliphatic rings. The molecule has 0 aliphatic heterocycles. The van der Waals surface area contributed by atoms with E-state index in [1.807, 2.05) is 24.5 Å². The molecule has 0 saturated carbocycles. The molecular weight excluding hydrogens is 224 g/mol. The first-order chi connectivity index (χ1) is 8.88. The average Bonchev–Trinajstić information content (AvgIpc) is 2.90. The Kier molecular flexibility index (Phi) is 4.97. The van der Waals surface area contributed by atoms with Gasteiger partial charge in [0.25, 0.3) is 0 Å². The van der Waals surface area contributed by atoms with Crippen LogP contribution < -0.4 is 5.32 Å². The van der Waals surface area contributed by atoms with E-state index >= 15 is 0 Å². The lowest BCUT2D eigenvalue weighted by Crippen LogP contribution is -2.31. The highest BCUT2D eigenvalue weighted by Crippen LogP contribution is 2.10. The zero-order valence-electron chi connectivity index (χ0n) is 10.8. The molecule has 1 N–H and O–H groups in total. The fourth-order valence-electron chi connectivity index (χ4n) is 2.13. The second kappa shape index (κ2) is 6.97. The summed E-state index contributed by atoms with van der Waals surface area (Å²) in [6.45, 7) is 3.13. The Morgan fingerprint density at radius 1 is 1.28 bits per heavy atom. The normalized spacial score (nSPS) is 12.5. The van der Waals surface area contributed by atoms with Crippen LogP contribution in [0.15, 0.2) is 47.3 Å². The van der Waals surface area contributed by atoms with Crippen LogP contribution in [0.25, 0.3) is 0 Å². The summed E-state index contributed by atoms with van der Waals surface area (Å²) in [5.74, 6) is 1.05. The number of rotatable bonds is 7. The van der Waals surface area contributed by atoms with Crippen molar-refractivity contribution in [3.8, 4) is 0 Å². The Morgan fingerprint density at radius 3 is 2.78 bits per heavy atom. The molecule has 0 saturated heterocycles. The first-order valence-electron chi connectivity index (χ1n) is 6.53. The van der Waals surface area contributed by atoms with E-state index in [0.717, 1.165) is 31.6 Å². The minimum Gasteiger partial charge on any atom is -0.469 e. The number of pyridine rings is 1. The molecule has 1 unspecified atom stereocenters. The van der Waals surface area contributed by atoms with E-state index in [2.05, 4.69) is 29.4 Å². The second-order valence-electron chi connectivity index (χ2n) is 4.43. The number of likely N-dealkylation sites (N-methyl/N-ethyl adjacent to an activating group) is 1. The van der Waals surface area contributed by atoms with E-state index in [-0.39, 0.29) is 0 Å². The van der Waals surface area contributed by atoms with Crippen molar-refractivity contribution in [3.63, 3.8) is 0 Å². The topological polar surface area (TPSA) is 38.1 Å². The maximum atomic E-state index is 5.41. The van der Waals surface area contributed by atoms with E-state index < -0.39 is 0 Å². The highest BCUT2D eigenvalue weighted by Gasteiger charge is 2.10. The minimum atomic E-state index is 0.467. The predicted octanol–water partition coefficient (Wildman–Crippen LogP) is 2.83. The van der Waals surface area contributed by atoms with Gasteiger partial charge in [0.2, 0.25) is 0 Å². The van der Waals surface area contributed by atoms with Crippen molar-refractivity contribution in [1.29, 1.82) is 0 Å². The van der Waals surface area contributed by atoms with Crippen molar-refractivity contribution in [1.82, 2.24) is 10.3 Å². The standard InChI is InChI=1S/C15H20N2O/c1-2-17-14(12-15-4-3-11-18-15)6-5-13-7-9-16-10-8-13/h3-4,7-11,14,17H,2,5-6,12H2,1H3. The van der Waals surface area contributed by atoms with E-state index in [9.17, 15) is 0 Å². The number of hydrogen-bond donors (Lipinski definition) is 1. The molecule has 3 nitrogen and oxygen atoms in total. The zero-order chi connectivity index (χ0) is 12.6. The lowest BCUT2D eigenvalue weighted by Gasteiger charge is -2.16. The maximum Gasteiger partial charge on any atom is 0.105 e. The average molecular weight is 244 g/mol. The van der Waals surface area contributed by atoms with Crippen LogP contribution in [0.4, 0.5) is 0 Å². The van der Waals surface area contributed by atoms with Crippen LogP contribution in [0.2, 0.25) is 0 Å². The molecule has 0 spiro atoms. The highest BCUT2D eigenvalue weighted by atomic mass is 16.3. The molecule has 0 fully saturated rings. The van der Waals surface area contributed by atoms with E-state index in [1.54, 1.807) is 6.26 Å². The fraction of sp³-hybridized carbons (Fsp3) is 0.400. The van der Waals surface area contributed by atoms with Crippen LogP contribution in [0.3, 0.4) is 0 Å². The molecule has 96 valence electrons. The van der Waals surface area contributed by atoms with Crippen LogP contribution >= 0.6 is 0 Å². The van der Waals surface area contributed by atoms with E-state index in [0.29, 0.717) is 6.04 Å². The molecule has 2 aromatic rings. The third kappa shape index (κ3) is 4.00. The predicted molar refractivity (Wildman–Crippen MR) is 72.4 cm³/mol. The summed E-state index contributed by atoms with van der Waals surface area (Å²) >= 11 is 0. The first-order valence-corrected chi connectivity index (χ1v) is 6.53. The van der Waals surface area contributed by atoms with E-state index in [1.165, 1.54) is 5.56 Å². The molecule has 0 bridgehead atoms. The summed E-state index contributed by atoms with van der Waals surface area (Å²) in [5, 5.41) is 3.52. The van der Waals surface area contributed by atoms with Gasteiger partial charge in [-0.25, -0.2) is 0 Å². The van der Waals surface area contributed by atoms with E-state index in [4.69, 9.17) is 4.42 Å². The summed E-state index contributed by atoms with van der Waals surface area (Å²) in [6.07, 6.45) is 8.57. The van der Waals surface area contributed by atoms with Gasteiger partial charge in [0.15, 0.2) is 0 Å². The second-order valence-corrected chi connectivity index (χ2v) is 4.43. The van der Waals surface area contributed by atoms with Crippen molar-refractivity contribution < 1.29 is 4.42 Å². The quantitative estimate of drug-likeness (QED) is 0.814. The molecule has 0 amide bonds. The van der Waals surface area contributed by atoms with Gasteiger partial charge in [-0.15, -0.1) is 0 Å². The Bertz CT molecular complexity index is 425. The maximum absolute atomic E-state index is 5.41. The SMILES string of the molecule is CCNC(CCc1ccncc1)Cc1ccco1. The summed E-state index contributed by atoms with van der Waals surface area (Å²) < 4.78 is 5.41. The number of hydrogen-bond acceptors (Lipinski definition) is 3. The Balaban J connectivity index is 1.86. The van der Waals surface area contributed by atoms with Gasteiger partial charge in [0, 0.05) is 24.9 Å². The van der Waals surface area contributed by atoms with Gasteiger partial charge >= 0.3 is 0 Å². The molecule has 18 heavy (non-hydrogen) atoms. The van der Waals surface area contributed by atoms with Gasteiger partial charge in [0.05, 0.1) is 6.26 Å². The fourth-order valence-corrected chi connectivity index (χ4v) is 2.13. The van der Waals surface area contributed by atoms with Gasteiger partial charge in [-0.1, -0.05) is 6.92 Å². The van der Waals surface area contributed by atoms with Crippen LogP contribution in [0, 0.1) is 0 Å². The molecule has 0 aromatic carbocycles. The minimum absolute atomic E-state index is 0.467. The van der Waals surface area contributed by atoms with Gasteiger partial charge in [-0.2, -0.15) is 0 Å². The number of nitrogens with zero attached hydrogens (tertiary/aromatic N) is 1. The monoisotopic (exact) mass is 244 g/mol. The van der Waals surface area contributed by atoms with Crippen LogP contribution in [-0.2, 0) is 12.8 Å². The van der Waals surface area contributed by atoms with Crippen molar-refractivity contribution in [2.75, 3.05) is 6.54 Å². The smallest absolute Gasteiger partial charge is 0.105 e. The summed E-state index contributed by atoms with van der Waals surface area (Å²) in [7, 11) is 0. The number of furan rings is 1. The first kappa shape index (κ1) is 12.8. The van der Waals surface area contributed by atoms with Gasteiger partial charge in [-0.3, -0.25) is 4.98 Å². The summed E-state index contributed by atoms with van der Waals surface area (Å²) in [6, 6.07) is 8.61. The van der Waals surface area contributed by atoms with Crippen molar-refractivity contribution >= 4 is 0 Å². The summed E-state index contributed by atoms with van der Waals surface area (Å²) in [4.78, 5) is 4.04. The zero-order valence-corrected chi connectivity index (χ0v) is 10.8. The van der Waals surface area contributed by atoms with Gasteiger partial charge < -0.3 is 9.73 Å². The molecule has 0 aliphatic carbocycles. The molecular formula is C15H20N2O. The third-order valence-corrected chi connectivity index (χ3v) is 3.05. The Hall–Kier alpha value is -1.61. The highest BCUT2D eigenvalue weighted by molar-refractivity contribution is 5.10. The molecule has 3 heteroatoms. The lowest BCUT2D eigenvalue weighted by atomic mass is 10.0. The third-order valence-electron chi connectivity index (χ3n) is 3.05. The Morgan fingerprint density at radius 2 is 2.11 bits per heavy atom. The number of aromatic nitrogens is 1. The Labute approximate surface area is 108 Å². The molecule has 2 heterocycles. The van der Waals surface area contributed by atoms with Crippen LogP contribution in [0.5, 0.6) is 0 Å². The largest absolute Gasteiger partial charge is 0.469 e. The van der Waals surface area contributed by atoms with Crippen molar-refractivity contribution in [2.45, 2.75) is 32.2 Å². The molecule has 2 rings (SSSR count). The molecule has 0 radical (unpaired) electrons.